The maximum atomic E-state index is 11.9. The summed E-state index contributed by atoms with van der Waals surface area (Å²) in [6, 6.07) is 14.3. The Bertz CT molecular complexity index is 684. The van der Waals surface area contributed by atoms with E-state index in [1.807, 2.05) is 31.1 Å². The largest absolute Gasteiger partial charge is 0.378 e. The normalized spacial score (nSPS) is 9.95. The molecule has 2 aromatic carbocycles. The van der Waals surface area contributed by atoms with Crippen molar-refractivity contribution in [3.8, 4) is 0 Å². The number of benzene rings is 2. The van der Waals surface area contributed by atoms with Crippen LogP contribution < -0.4 is 15.5 Å². The molecule has 6 heteroatoms. The van der Waals surface area contributed by atoms with E-state index in [0.29, 0.717) is 11.4 Å². The summed E-state index contributed by atoms with van der Waals surface area (Å²) >= 11 is 3.31. The SMILES string of the molecule is CN(C)c1cccc(NC(=O)C(=O)Nc2ccc(Br)cc2)c1. The first-order valence-electron chi connectivity index (χ1n) is 6.61. The Hall–Kier alpha value is -2.34. The summed E-state index contributed by atoms with van der Waals surface area (Å²) in [6.07, 6.45) is 0. The van der Waals surface area contributed by atoms with Crippen molar-refractivity contribution in [3.05, 3.63) is 53.0 Å². The van der Waals surface area contributed by atoms with Crippen molar-refractivity contribution in [3.63, 3.8) is 0 Å². The van der Waals surface area contributed by atoms with Crippen LogP contribution in [0.3, 0.4) is 0 Å². The van der Waals surface area contributed by atoms with Gasteiger partial charge in [-0.3, -0.25) is 9.59 Å². The third kappa shape index (κ3) is 4.33. The Morgan fingerprint density at radius 1 is 0.909 bits per heavy atom. The lowest BCUT2D eigenvalue weighted by molar-refractivity contribution is -0.132. The number of hydrogen-bond donors (Lipinski definition) is 2. The van der Waals surface area contributed by atoms with Crippen molar-refractivity contribution in [2.75, 3.05) is 29.6 Å². The number of carbonyl (C=O) groups excluding carboxylic acids is 2. The predicted molar refractivity (Wildman–Crippen MR) is 92.2 cm³/mol. The molecule has 0 atom stereocenters. The molecule has 0 aliphatic rings. The first kappa shape index (κ1) is 16.0. The highest BCUT2D eigenvalue weighted by Gasteiger charge is 2.14. The van der Waals surface area contributed by atoms with Crippen LogP contribution in [0.4, 0.5) is 17.1 Å². The van der Waals surface area contributed by atoms with E-state index in [2.05, 4.69) is 26.6 Å². The van der Waals surface area contributed by atoms with E-state index in [1.165, 1.54) is 0 Å². The Morgan fingerprint density at radius 2 is 1.50 bits per heavy atom. The van der Waals surface area contributed by atoms with Gasteiger partial charge in [-0.15, -0.1) is 0 Å². The fourth-order valence-corrected chi connectivity index (χ4v) is 2.04. The second kappa shape index (κ2) is 7.09. The van der Waals surface area contributed by atoms with Crippen LogP contribution in [0.1, 0.15) is 0 Å². The molecule has 0 fully saturated rings. The summed E-state index contributed by atoms with van der Waals surface area (Å²) in [7, 11) is 3.81. The molecule has 0 aromatic heterocycles. The molecule has 114 valence electrons. The van der Waals surface area contributed by atoms with Gasteiger partial charge in [-0.1, -0.05) is 22.0 Å². The fraction of sp³-hybridized carbons (Fsp3) is 0.125. The quantitative estimate of drug-likeness (QED) is 0.825. The summed E-state index contributed by atoms with van der Waals surface area (Å²) in [5.74, 6) is -1.42. The van der Waals surface area contributed by atoms with Gasteiger partial charge in [-0.2, -0.15) is 0 Å². The van der Waals surface area contributed by atoms with Gasteiger partial charge >= 0.3 is 11.8 Å². The topological polar surface area (TPSA) is 61.4 Å². The van der Waals surface area contributed by atoms with Crippen LogP contribution in [0.5, 0.6) is 0 Å². The van der Waals surface area contributed by atoms with Crippen molar-refractivity contribution in [2.45, 2.75) is 0 Å². The molecule has 5 nitrogen and oxygen atoms in total. The van der Waals surface area contributed by atoms with Crippen LogP contribution in [0, 0.1) is 0 Å². The number of rotatable bonds is 3. The number of halogens is 1. The van der Waals surface area contributed by atoms with E-state index in [4.69, 9.17) is 0 Å². The van der Waals surface area contributed by atoms with Crippen molar-refractivity contribution < 1.29 is 9.59 Å². The Morgan fingerprint density at radius 3 is 2.09 bits per heavy atom. The molecule has 0 radical (unpaired) electrons. The third-order valence-corrected chi connectivity index (χ3v) is 3.46. The summed E-state index contributed by atoms with van der Waals surface area (Å²) in [4.78, 5) is 25.7. The lowest BCUT2D eigenvalue weighted by Gasteiger charge is -2.14. The molecule has 0 aliphatic heterocycles. The lowest BCUT2D eigenvalue weighted by Crippen LogP contribution is -2.29. The average Bonchev–Trinajstić information content (AvgIpc) is 2.49. The number of carbonyl (C=O) groups is 2. The maximum Gasteiger partial charge on any atom is 0.314 e. The summed E-state index contributed by atoms with van der Waals surface area (Å²) in [5, 5.41) is 5.13. The first-order valence-corrected chi connectivity index (χ1v) is 7.40. The molecule has 2 N–H and O–H groups in total. The number of nitrogens with zero attached hydrogens (tertiary/aromatic N) is 1. The van der Waals surface area contributed by atoms with Crippen LogP contribution in [0.2, 0.25) is 0 Å². The van der Waals surface area contributed by atoms with Gasteiger partial charge in [0, 0.05) is 35.6 Å². The molecular formula is C16H16BrN3O2. The van der Waals surface area contributed by atoms with Gasteiger partial charge in [0.25, 0.3) is 0 Å². The van der Waals surface area contributed by atoms with E-state index < -0.39 is 11.8 Å². The first-order chi connectivity index (χ1) is 10.5. The van der Waals surface area contributed by atoms with Gasteiger partial charge in [0.2, 0.25) is 0 Å². The predicted octanol–water partition coefficient (Wildman–Crippen LogP) is 3.09. The Labute approximate surface area is 137 Å². The van der Waals surface area contributed by atoms with E-state index in [-0.39, 0.29) is 0 Å². The van der Waals surface area contributed by atoms with Crippen molar-refractivity contribution in [1.29, 1.82) is 0 Å². The molecule has 2 rings (SSSR count). The van der Waals surface area contributed by atoms with Crippen molar-refractivity contribution in [2.24, 2.45) is 0 Å². The van der Waals surface area contributed by atoms with Gasteiger partial charge in [0.1, 0.15) is 0 Å². The molecule has 0 bridgehead atoms. The van der Waals surface area contributed by atoms with Crippen LogP contribution in [-0.4, -0.2) is 25.9 Å². The van der Waals surface area contributed by atoms with E-state index in [0.717, 1.165) is 10.2 Å². The highest BCUT2D eigenvalue weighted by molar-refractivity contribution is 9.10. The molecule has 22 heavy (non-hydrogen) atoms. The van der Waals surface area contributed by atoms with Crippen LogP contribution >= 0.6 is 15.9 Å². The van der Waals surface area contributed by atoms with Gasteiger partial charge in [-0.05, 0) is 42.5 Å². The zero-order chi connectivity index (χ0) is 16.1. The molecule has 0 saturated heterocycles. The molecule has 2 amide bonds. The highest BCUT2D eigenvalue weighted by Crippen LogP contribution is 2.17. The molecule has 2 aromatic rings. The molecule has 0 saturated carbocycles. The van der Waals surface area contributed by atoms with Crippen molar-refractivity contribution in [1.82, 2.24) is 0 Å². The van der Waals surface area contributed by atoms with E-state index in [9.17, 15) is 9.59 Å². The number of nitrogens with one attached hydrogen (secondary N) is 2. The standard InChI is InChI=1S/C16H16BrN3O2/c1-20(2)14-5-3-4-13(10-14)19-16(22)15(21)18-12-8-6-11(17)7-9-12/h3-10H,1-2H3,(H,18,21)(H,19,22). The monoisotopic (exact) mass is 361 g/mol. The highest BCUT2D eigenvalue weighted by atomic mass is 79.9. The smallest absolute Gasteiger partial charge is 0.314 e. The third-order valence-electron chi connectivity index (χ3n) is 2.93. The zero-order valence-electron chi connectivity index (χ0n) is 12.3. The summed E-state index contributed by atoms with van der Waals surface area (Å²) in [6.45, 7) is 0. The number of amides is 2. The maximum absolute atomic E-state index is 11.9. The number of anilines is 3. The molecule has 0 heterocycles. The molecule has 0 spiro atoms. The zero-order valence-corrected chi connectivity index (χ0v) is 13.8. The summed E-state index contributed by atoms with van der Waals surface area (Å²) < 4.78 is 0.899. The van der Waals surface area contributed by atoms with E-state index >= 15 is 0 Å². The minimum atomic E-state index is -0.711. The second-order valence-corrected chi connectivity index (χ2v) is 5.78. The number of hydrogen-bond acceptors (Lipinski definition) is 3. The van der Waals surface area contributed by atoms with Crippen LogP contribution in [0.25, 0.3) is 0 Å². The Balaban J connectivity index is 2.00. The lowest BCUT2D eigenvalue weighted by atomic mass is 10.2. The minimum Gasteiger partial charge on any atom is -0.378 e. The van der Waals surface area contributed by atoms with Crippen LogP contribution in [0.15, 0.2) is 53.0 Å². The van der Waals surface area contributed by atoms with Crippen molar-refractivity contribution >= 4 is 44.8 Å². The second-order valence-electron chi connectivity index (χ2n) is 4.86. The fourth-order valence-electron chi connectivity index (χ4n) is 1.77. The molecular weight excluding hydrogens is 346 g/mol. The molecule has 0 aliphatic carbocycles. The average molecular weight is 362 g/mol. The van der Waals surface area contributed by atoms with Gasteiger partial charge < -0.3 is 15.5 Å². The Kier molecular flexibility index (Phi) is 5.16. The van der Waals surface area contributed by atoms with Crippen LogP contribution in [-0.2, 0) is 9.59 Å². The van der Waals surface area contributed by atoms with Gasteiger partial charge in [0.05, 0.1) is 0 Å². The summed E-state index contributed by atoms with van der Waals surface area (Å²) in [5.41, 5.74) is 2.07. The van der Waals surface area contributed by atoms with Gasteiger partial charge in [-0.25, -0.2) is 0 Å². The van der Waals surface area contributed by atoms with Gasteiger partial charge in [0.15, 0.2) is 0 Å². The minimum absolute atomic E-state index is 0.561. The van der Waals surface area contributed by atoms with E-state index in [1.54, 1.807) is 36.4 Å². The molecule has 0 unspecified atom stereocenters.